The number of fused-ring (bicyclic) bond motifs is 7. The summed E-state index contributed by atoms with van der Waals surface area (Å²) in [6.45, 7) is 6.85. The fourth-order valence-electron chi connectivity index (χ4n) is 8.22. The molecule has 0 spiro atoms. The summed E-state index contributed by atoms with van der Waals surface area (Å²) in [5, 5.41) is 2.20. The number of hydrogen-bond acceptors (Lipinski definition) is 4. The molecule has 4 nitrogen and oxygen atoms in total. The SMILES string of the molecule is Cc1cccc2c1N1c3ccccc3C(C)(C)c3c(N(c4ccc(-c5ccccc5)cc4)c4cccc5c4oc4ccccc45)ccc(c31)O2. The van der Waals surface area contributed by atoms with Crippen LogP contribution in [-0.2, 0) is 5.41 Å². The Hall–Kier alpha value is -6.26. The number of rotatable bonds is 4. The summed E-state index contributed by atoms with van der Waals surface area (Å²) in [5.41, 5.74) is 13.8. The van der Waals surface area contributed by atoms with Crippen molar-refractivity contribution in [3.8, 4) is 22.6 Å². The van der Waals surface area contributed by atoms with Crippen LogP contribution in [0.25, 0.3) is 33.1 Å². The van der Waals surface area contributed by atoms with E-state index in [1.807, 2.05) is 6.07 Å². The Balaban J connectivity index is 1.28. The number of ether oxygens (including phenoxy) is 1. The minimum atomic E-state index is -0.374. The number of hydrogen-bond donors (Lipinski definition) is 0. The third-order valence-corrected chi connectivity index (χ3v) is 10.5. The van der Waals surface area contributed by atoms with Crippen molar-refractivity contribution in [1.29, 1.82) is 0 Å². The first-order valence-corrected chi connectivity index (χ1v) is 17.2. The second kappa shape index (κ2) is 10.6. The topological polar surface area (TPSA) is 28.9 Å². The molecule has 0 amide bonds. The maximum absolute atomic E-state index is 6.76. The average Bonchev–Trinajstić information content (AvgIpc) is 3.54. The van der Waals surface area contributed by atoms with Crippen molar-refractivity contribution in [3.05, 3.63) is 168 Å². The zero-order valence-electron chi connectivity index (χ0n) is 28.1. The van der Waals surface area contributed by atoms with E-state index in [2.05, 4.69) is 176 Å². The minimum Gasteiger partial charge on any atom is -0.454 e. The lowest BCUT2D eigenvalue weighted by atomic mass is 9.72. The highest BCUT2D eigenvalue weighted by atomic mass is 16.5. The summed E-state index contributed by atoms with van der Waals surface area (Å²) in [7, 11) is 0. The smallest absolute Gasteiger partial charge is 0.159 e. The van der Waals surface area contributed by atoms with Gasteiger partial charge in [-0.25, -0.2) is 0 Å². The molecule has 1 aromatic heterocycles. The summed E-state index contributed by atoms with van der Waals surface area (Å²) < 4.78 is 13.5. The molecule has 0 bridgehead atoms. The van der Waals surface area contributed by atoms with Crippen LogP contribution in [0, 0.1) is 6.92 Å². The molecule has 3 heterocycles. The van der Waals surface area contributed by atoms with Crippen molar-refractivity contribution >= 4 is 56.1 Å². The molecule has 0 unspecified atom stereocenters. The fourth-order valence-corrected chi connectivity index (χ4v) is 8.22. The molecule has 4 heteroatoms. The highest BCUT2D eigenvalue weighted by Crippen LogP contribution is 2.63. The Morgan fingerprint density at radius 1 is 0.560 bits per heavy atom. The van der Waals surface area contributed by atoms with E-state index >= 15 is 0 Å². The van der Waals surface area contributed by atoms with Gasteiger partial charge in [-0.05, 0) is 77.7 Å². The molecule has 0 radical (unpaired) electrons. The van der Waals surface area contributed by atoms with E-state index in [1.54, 1.807) is 0 Å². The molecule has 0 saturated carbocycles. The van der Waals surface area contributed by atoms with Gasteiger partial charge in [0, 0.05) is 27.4 Å². The van der Waals surface area contributed by atoms with Gasteiger partial charge in [-0.1, -0.05) is 117 Å². The maximum atomic E-state index is 6.76. The van der Waals surface area contributed by atoms with Gasteiger partial charge in [-0.3, -0.25) is 0 Å². The van der Waals surface area contributed by atoms with Crippen LogP contribution in [0.1, 0.15) is 30.5 Å². The molecule has 240 valence electrons. The Morgan fingerprint density at radius 2 is 1.26 bits per heavy atom. The van der Waals surface area contributed by atoms with Crippen molar-refractivity contribution in [1.82, 2.24) is 0 Å². The Bertz CT molecular complexity index is 2620. The summed E-state index contributed by atoms with van der Waals surface area (Å²) in [5.74, 6) is 1.72. The van der Waals surface area contributed by atoms with E-state index in [9.17, 15) is 0 Å². The van der Waals surface area contributed by atoms with Gasteiger partial charge >= 0.3 is 0 Å². The molecular weight excluding hydrogens is 613 g/mol. The maximum Gasteiger partial charge on any atom is 0.159 e. The van der Waals surface area contributed by atoms with Crippen LogP contribution in [0.15, 0.2) is 156 Å². The first kappa shape index (κ1) is 28.7. The van der Waals surface area contributed by atoms with Gasteiger partial charge in [0.15, 0.2) is 17.1 Å². The lowest BCUT2D eigenvalue weighted by Gasteiger charge is -2.47. The van der Waals surface area contributed by atoms with Crippen molar-refractivity contribution in [2.75, 3.05) is 9.80 Å². The summed E-state index contributed by atoms with van der Waals surface area (Å²) in [4.78, 5) is 4.82. The molecule has 0 N–H and O–H groups in total. The summed E-state index contributed by atoms with van der Waals surface area (Å²) in [6, 6.07) is 53.7. The molecule has 10 rings (SSSR count). The van der Waals surface area contributed by atoms with E-state index in [1.165, 1.54) is 33.5 Å². The van der Waals surface area contributed by atoms with Crippen molar-refractivity contribution < 1.29 is 9.15 Å². The van der Waals surface area contributed by atoms with Crippen molar-refractivity contribution in [2.24, 2.45) is 0 Å². The summed E-state index contributed by atoms with van der Waals surface area (Å²) in [6.07, 6.45) is 0. The summed E-state index contributed by atoms with van der Waals surface area (Å²) >= 11 is 0. The number of benzene rings is 7. The van der Waals surface area contributed by atoms with Crippen molar-refractivity contribution in [3.63, 3.8) is 0 Å². The normalized spacial score (nSPS) is 13.8. The predicted octanol–water partition coefficient (Wildman–Crippen LogP) is 13.2. The molecule has 50 heavy (non-hydrogen) atoms. The highest BCUT2D eigenvalue weighted by Gasteiger charge is 2.44. The molecular formula is C46H34N2O2. The van der Waals surface area contributed by atoms with Crippen LogP contribution in [0.5, 0.6) is 11.5 Å². The van der Waals surface area contributed by atoms with Gasteiger partial charge in [-0.2, -0.15) is 0 Å². The zero-order chi connectivity index (χ0) is 33.6. The molecule has 0 fully saturated rings. The Kier molecular flexibility index (Phi) is 6.10. The third kappa shape index (κ3) is 4.05. The molecule has 8 aromatic rings. The second-order valence-corrected chi connectivity index (χ2v) is 13.8. The van der Waals surface area contributed by atoms with Gasteiger partial charge in [0.25, 0.3) is 0 Å². The van der Waals surface area contributed by atoms with Gasteiger partial charge in [0.05, 0.1) is 28.4 Å². The number of nitrogens with zero attached hydrogens (tertiary/aromatic N) is 2. The van der Waals surface area contributed by atoms with Crippen LogP contribution in [0.2, 0.25) is 0 Å². The van der Waals surface area contributed by atoms with E-state index in [0.29, 0.717) is 0 Å². The van der Waals surface area contributed by atoms with Gasteiger partial charge < -0.3 is 19.0 Å². The fraction of sp³-hybridized carbons (Fsp3) is 0.0870. The molecule has 7 aromatic carbocycles. The first-order chi connectivity index (χ1) is 24.5. The number of aryl methyl sites for hydroxylation is 1. The van der Waals surface area contributed by atoms with Gasteiger partial charge in [0.2, 0.25) is 0 Å². The average molecular weight is 647 g/mol. The van der Waals surface area contributed by atoms with Crippen LogP contribution in [0.4, 0.5) is 34.1 Å². The minimum absolute atomic E-state index is 0.374. The first-order valence-electron chi connectivity index (χ1n) is 17.2. The monoisotopic (exact) mass is 646 g/mol. The largest absolute Gasteiger partial charge is 0.454 e. The Morgan fingerprint density at radius 3 is 2.12 bits per heavy atom. The number of anilines is 6. The highest BCUT2D eigenvalue weighted by molar-refractivity contribution is 6.11. The predicted molar refractivity (Wildman–Crippen MR) is 205 cm³/mol. The van der Waals surface area contributed by atoms with E-state index in [-0.39, 0.29) is 5.41 Å². The quantitative estimate of drug-likeness (QED) is 0.190. The third-order valence-electron chi connectivity index (χ3n) is 10.5. The van der Waals surface area contributed by atoms with Crippen LogP contribution >= 0.6 is 0 Å². The van der Waals surface area contributed by atoms with Crippen molar-refractivity contribution in [2.45, 2.75) is 26.2 Å². The Labute approximate surface area is 291 Å². The van der Waals surface area contributed by atoms with Crippen LogP contribution < -0.4 is 14.5 Å². The number of furan rings is 1. The van der Waals surface area contributed by atoms with Gasteiger partial charge in [-0.15, -0.1) is 0 Å². The number of para-hydroxylation sites is 4. The van der Waals surface area contributed by atoms with Gasteiger partial charge in [0.1, 0.15) is 5.58 Å². The molecule has 0 saturated heterocycles. The van der Waals surface area contributed by atoms with Crippen LogP contribution in [-0.4, -0.2) is 0 Å². The molecule has 2 aliphatic rings. The lowest BCUT2D eigenvalue weighted by Crippen LogP contribution is -2.34. The molecule has 0 aliphatic carbocycles. The lowest BCUT2D eigenvalue weighted by molar-refractivity contribution is 0.471. The second-order valence-electron chi connectivity index (χ2n) is 13.8. The van der Waals surface area contributed by atoms with E-state index < -0.39 is 0 Å². The standard InChI is InChI=1S/C46H34N2O2/c1-29-13-11-22-40-43(29)48-36-19-9-8-18-35(36)46(2,3)42-37(27-28-41(49-40)44(42)48)47(32-25-23-31(24-26-32)30-14-5-4-6-15-30)38-20-12-17-34-33-16-7-10-21-39(33)50-45(34)38/h4-28H,1-3H3. The molecule has 0 atom stereocenters. The molecule has 2 aliphatic heterocycles. The van der Waals surface area contributed by atoms with E-state index in [0.717, 1.165) is 61.9 Å². The zero-order valence-corrected chi connectivity index (χ0v) is 28.1. The van der Waals surface area contributed by atoms with E-state index in [4.69, 9.17) is 9.15 Å². The van der Waals surface area contributed by atoms with Crippen LogP contribution in [0.3, 0.4) is 0 Å².